The van der Waals surface area contributed by atoms with Gasteiger partial charge in [0.25, 0.3) is 0 Å². The highest BCUT2D eigenvalue weighted by Crippen LogP contribution is 2.30. The van der Waals surface area contributed by atoms with Crippen molar-refractivity contribution in [2.75, 3.05) is 7.11 Å². The van der Waals surface area contributed by atoms with Gasteiger partial charge in [0.15, 0.2) is 0 Å². The average molecular weight is 257 g/mol. The zero-order valence-corrected chi connectivity index (χ0v) is 10.8. The Morgan fingerprint density at radius 3 is 2.76 bits per heavy atom. The highest BCUT2D eigenvalue weighted by molar-refractivity contribution is 6.32. The summed E-state index contributed by atoms with van der Waals surface area (Å²) in [6, 6.07) is 5.13. The first-order chi connectivity index (χ1) is 8.10. The summed E-state index contributed by atoms with van der Waals surface area (Å²) in [6.45, 7) is 2.04. The van der Waals surface area contributed by atoms with Gasteiger partial charge in [-0.15, -0.1) is 0 Å². The van der Waals surface area contributed by atoms with Crippen LogP contribution < -0.4 is 4.74 Å². The first-order valence-electron chi connectivity index (χ1n) is 5.66. The van der Waals surface area contributed by atoms with Gasteiger partial charge in [-0.2, -0.15) is 0 Å². The van der Waals surface area contributed by atoms with Gasteiger partial charge >= 0.3 is 5.97 Å². The lowest BCUT2D eigenvalue weighted by molar-refractivity contribution is -0.139. The number of carbonyl (C=O) groups is 1. The molecule has 17 heavy (non-hydrogen) atoms. The number of hydrogen-bond acceptors (Lipinski definition) is 2. The molecule has 94 valence electrons. The third kappa shape index (κ3) is 3.63. The lowest BCUT2D eigenvalue weighted by Crippen LogP contribution is -2.11. The summed E-state index contributed by atoms with van der Waals surface area (Å²) >= 11 is 5.91. The van der Waals surface area contributed by atoms with E-state index in [0.29, 0.717) is 17.2 Å². The van der Waals surface area contributed by atoms with Crippen LogP contribution >= 0.6 is 11.6 Å². The summed E-state index contributed by atoms with van der Waals surface area (Å²) in [5.41, 5.74) is 0.743. The quantitative estimate of drug-likeness (QED) is 0.844. The molecule has 0 radical (unpaired) electrons. The van der Waals surface area contributed by atoms with Crippen molar-refractivity contribution in [2.45, 2.75) is 32.1 Å². The highest BCUT2D eigenvalue weighted by Gasteiger charge is 2.20. The number of benzene rings is 1. The van der Waals surface area contributed by atoms with Gasteiger partial charge in [0.1, 0.15) is 5.75 Å². The summed E-state index contributed by atoms with van der Waals surface area (Å²) in [5.74, 6) is -0.768. The molecule has 0 bridgehead atoms. The zero-order valence-electron chi connectivity index (χ0n) is 10.1. The Labute approximate surface area is 106 Å². The maximum atomic E-state index is 11.2. The molecule has 3 nitrogen and oxygen atoms in total. The van der Waals surface area contributed by atoms with Gasteiger partial charge < -0.3 is 9.84 Å². The SMILES string of the molecule is CCCCC(C(=O)O)c1ccc(Cl)c(OC)c1. The predicted molar refractivity (Wildman–Crippen MR) is 67.9 cm³/mol. The maximum absolute atomic E-state index is 11.2. The second-order valence-electron chi connectivity index (χ2n) is 3.93. The molecule has 1 atom stereocenters. The normalized spacial score (nSPS) is 12.2. The molecule has 0 heterocycles. The van der Waals surface area contributed by atoms with E-state index in [4.69, 9.17) is 16.3 Å². The first kappa shape index (κ1) is 13.8. The van der Waals surface area contributed by atoms with Crippen LogP contribution in [0.4, 0.5) is 0 Å². The molecule has 0 amide bonds. The molecular weight excluding hydrogens is 240 g/mol. The number of unbranched alkanes of at least 4 members (excludes halogenated alkanes) is 1. The van der Waals surface area contributed by atoms with Gasteiger partial charge in [0.05, 0.1) is 18.1 Å². The second kappa shape index (κ2) is 6.50. The van der Waals surface area contributed by atoms with Crippen molar-refractivity contribution in [3.8, 4) is 5.75 Å². The predicted octanol–water partition coefficient (Wildman–Crippen LogP) is 3.71. The molecule has 1 unspecified atom stereocenters. The molecule has 1 aromatic rings. The smallest absolute Gasteiger partial charge is 0.310 e. The Balaban J connectivity index is 2.97. The molecule has 1 aromatic carbocycles. The molecule has 0 aromatic heterocycles. The fourth-order valence-corrected chi connectivity index (χ4v) is 1.93. The van der Waals surface area contributed by atoms with Gasteiger partial charge in [-0.3, -0.25) is 4.79 Å². The van der Waals surface area contributed by atoms with E-state index in [-0.39, 0.29) is 0 Å². The summed E-state index contributed by atoms with van der Waals surface area (Å²) in [6.07, 6.45) is 2.51. The summed E-state index contributed by atoms with van der Waals surface area (Å²) in [5, 5.41) is 9.71. The largest absolute Gasteiger partial charge is 0.495 e. The van der Waals surface area contributed by atoms with E-state index in [0.717, 1.165) is 18.4 Å². The zero-order chi connectivity index (χ0) is 12.8. The van der Waals surface area contributed by atoms with Crippen LogP contribution in [-0.2, 0) is 4.79 Å². The van der Waals surface area contributed by atoms with E-state index >= 15 is 0 Å². The van der Waals surface area contributed by atoms with Crippen LogP contribution in [0, 0.1) is 0 Å². The standard InChI is InChI=1S/C13H17ClO3/c1-3-4-5-10(13(15)16)9-6-7-11(14)12(8-9)17-2/h6-8,10H,3-5H2,1-2H3,(H,15,16). The van der Waals surface area contributed by atoms with Gasteiger partial charge in [-0.05, 0) is 24.1 Å². The van der Waals surface area contributed by atoms with Crippen LogP contribution in [-0.4, -0.2) is 18.2 Å². The van der Waals surface area contributed by atoms with E-state index in [1.54, 1.807) is 18.2 Å². The fourth-order valence-electron chi connectivity index (χ4n) is 1.73. The minimum absolute atomic E-state index is 0.485. The van der Waals surface area contributed by atoms with Gasteiger partial charge in [0, 0.05) is 0 Å². The second-order valence-corrected chi connectivity index (χ2v) is 4.33. The number of rotatable bonds is 6. The lowest BCUT2D eigenvalue weighted by atomic mass is 9.93. The number of carboxylic acid groups (broad SMARTS) is 1. The van der Waals surface area contributed by atoms with Crippen molar-refractivity contribution in [3.05, 3.63) is 28.8 Å². The van der Waals surface area contributed by atoms with E-state index in [9.17, 15) is 9.90 Å². The monoisotopic (exact) mass is 256 g/mol. The Bertz CT molecular complexity index is 390. The summed E-state index contributed by atoms with van der Waals surface area (Å²) < 4.78 is 5.10. The van der Waals surface area contributed by atoms with Crippen LogP contribution in [0.2, 0.25) is 5.02 Å². The van der Waals surface area contributed by atoms with E-state index in [2.05, 4.69) is 0 Å². The van der Waals surface area contributed by atoms with Gasteiger partial charge in [-0.25, -0.2) is 0 Å². The molecule has 4 heteroatoms. The van der Waals surface area contributed by atoms with E-state index < -0.39 is 11.9 Å². The molecule has 1 rings (SSSR count). The Morgan fingerprint density at radius 1 is 1.53 bits per heavy atom. The number of halogens is 1. The molecular formula is C13H17ClO3. The maximum Gasteiger partial charge on any atom is 0.310 e. The van der Waals surface area contributed by atoms with Crippen LogP contribution in [0.3, 0.4) is 0 Å². The Morgan fingerprint density at radius 2 is 2.24 bits per heavy atom. The van der Waals surface area contributed by atoms with Crippen molar-refractivity contribution in [1.29, 1.82) is 0 Å². The molecule has 0 aliphatic rings. The summed E-state index contributed by atoms with van der Waals surface area (Å²) in [7, 11) is 1.52. The Hall–Kier alpha value is -1.22. The number of ether oxygens (including phenoxy) is 1. The lowest BCUT2D eigenvalue weighted by Gasteiger charge is -2.14. The number of carboxylic acids is 1. The third-order valence-corrected chi connectivity index (χ3v) is 3.03. The van der Waals surface area contributed by atoms with E-state index in [1.807, 2.05) is 6.92 Å². The highest BCUT2D eigenvalue weighted by atomic mass is 35.5. The van der Waals surface area contributed by atoms with E-state index in [1.165, 1.54) is 7.11 Å². The van der Waals surface area contributed by atoms with Crippen LogP contribution in [0.1, 0.15) is 37.7 Å². The molecule has 0 fully saturated rings. The van der Waals surface area contributed by atoms with Gasteiger partial charge in [0.2, 0.25) is 0 Å². The van der Waals surface area contributed by atoms with Crippen molar-refractivity contribution >= 4 is 17.6 Å². The van der Waals surface area contributed by atoms with Crippen LogP contribution in [0.5, 0.6) is 5.75 Å². The van der Waals surface area contributed by atoms with Crippen molar-refractivity contribution < 1.29 is 14.6 Å². The third-order valence-electron chi connectivity index (χ3n) is 2.72. The molecule has 1 N–H and O–H groups in total. The average Bonchev–Trinajstić information content (AvgIpc) is 2.31. The topological polar surface area (TPSA) is 46.5 Å². The molecule has 0 aliphatic heterocycles. The minimum Gasteiger partial charge on any atom is -0.495 e. The number of methoxy groups -OCH3 is 1. The Kier molecular flexibility index (Phi) is 5.29. The van der Waals surface area contributed by atoms with Crippen molar-refractivity contribution in [3.63, 3.8) is 0 Å². The molecule has 0 aliphatic carbocycles. The first-order valence-corrected chi connectivity index (χ1v) is 6.04. The van der Waals surface area contributed by atoms with Crippen LogP contribution in [0.15, 0.2) is 18.2 Å². The molecule has 0 spiro atoms. The molecule has 0 saturated carbocycles. The van der Waals surface area contributed by atoms with Gasteiger partial charge in [-0.1, -0.05) is 37.4 Å². The van der Waals surface area contributed by atoms with Crippen molar-refractivity contribution in [2.24, 2.45) is 0 Å². The fraction of sp³-hybridized carbons (Fsp3) is 0.462. The molecule has 0 saturated heterocycles. The van der Waals surface area contributed by atoms with Crippen LogP contribution in [0.25, 0.3) is 0 Å². The number of aliphatic carboxylic acids is 1. The number of hydrogen-bond donors (Lipinski definition) is 1. The minimum atomic E-state index is -0.803. The summed E-state index contributed by atoms with van der Waals surface area (Å²) in [4.78, 5) is 11.2. The van der Waals surface area contributed by atoms with Crippen molar-refractivity contribution in [1.82, 2.24) is 0 Å².